The van der Waals surface area contributed by atoms with E-state index in [0.29, 0.717) is 5.69 Å². The van der Waals surface area contributed by atoms with E-state index in [1.165, 1.54) is 24.9 Å². The van der Waals surface area contributed by atoms with Crippen molar-refractivity contribution in [2.24, 2.45) is 0 Å². The summed E-state index contributed by atoms with van der Waals surface area (Å²) < 4.78 is 44.9. The summed E-state index contributed by atoms with van der Waals surface area (Å²) in [6.45, 7) is 2.16. The van der Waals surface area contributed by atoms with Gasteiger partial charge < -0.3 is 9.64 Å². The van der Waals surface area contributed by atoms with Gasteiger partial charge in [0.15, 0.2) is 5.82 Å². The van der Waals surface area contributed by atoms with Gasteiger partial charge in [-0.1, -0.05) is 38.3 Å². The molecule has 0 aliphatic rings. The monoisotopic (exact) mass is 367 g/mol. The van der Waals surface area contributed by atoms with Crippen molar-refractivity contribution in [1.82, 2.24) is 9.97 Å². The molecular weight excluding hydrogens is 343 g/mol. The summed E-state index contributed by atoms with van der Waals surface area (Å²) in [4.78, 5) is 8.94. The molecule has 1 aromatic heterocycles. The lowest BCUT2D eigenvalue weighted by Crippen LogP contribution is -2.19. The van der Waals surface area contributed by atoms with Gasteiger partial charge >= 0.3 is 12.2 Å². The number of aryl methyl sites for hydroxylation is 1. The summed E-state index contributed by atoms with van der Waals surface area (Å²) in [6, 6.07) is 7.42. The van der Waals surface area contributed by atoms with Crippen LogP contribution in [0.1, 0.15) is 43.7 Å². The molecule has 26 heavy (non-hydrogen) atoms. The number of hydrogen-bond acceptors (Lipinski definition) is 4. The average molecular weight is 367 g/mol. The van der Waals surface area contributed by atoms with Crippen LogP contribution in [0.4, 0.5) is 24.7 Å². The summed E-state index contributed by atoms with van der Waals surface area (Å²) in [5, 5.41) is 0. The minimum absolute atomic E-state index is 0.101. The number of ether oxygens (including phenoxy) is 1. The Morgan fingerprint density at radius 1 is 1.15 bits per heavy atom. The lowest BCUT2D eigenvalue weighted by Gasteiger charge is -2.23. The molecule has 0 atom stereocenters. The van der Waals surface area contributed by atoms with Crippen molar-refractivity contribution in [1.29, 1.82) is 0 Å². The van der Waals surface area contributed by atoms with Crippen molar-refractivity contribution in [3.8, 4) is 6.01 Å². The molecule has 7 heteroatoms. The SMILES string of the molecule is CCCCCCc1cccc(N(C)c2nc(OC)ncc2C(F)(F)F)c1. The minimum atomic E-state index is -4.55. The van der Waals surface area contributed by atoms with E-state index in [1.807, 2.05) is 18.2 Å². The molecule has 0 N–H and O–H groups in total. The maximum atomic E-state index is 13.3. The van der Waals surface area contributed by atoms with Gasteiger partial charge in [0.05, 0.1) is 7.11 Å². The normalized spacial score (nSPS) is 11.5. The van der Waals surface area contributed by atoms with Crippen molar-refractivity contribution in [2.45, 2.75) is 45.2 Å². The maximum Gasteiger partial charge on any atom is 0.421 e. The molecule has 0 spiro atoms. The zero-order chi connectivity index (χ0) is 19.2. The molecule has 0 unspecified atom stereocenters. The number of unbranched alkanes of at least 4 members (excludes halogenated alkanes) is 3. The van der Waals surface area contributed by atoms with Gasteiger partial charge in [0.25, 0.3) is 0 Å². The predicted molar refractivity (Wildman–Crippen MR) is 95.9 cm³/mol. The molecule has 2 rings (SSSR count). The highest BCUT2D eigenvalue weighted by molar-refractivity contribution is 5.63. The molecule has 0 saturated heterocycles. The molecule has 142 valence electrons. The number of methoxy groups -OCH3 is 1. The summed E-state index contributed by atoms with van der Waals surface area (Å²) in [7, 11) is 2.89. The van der Waals surface area contributed by atoms with E-state index in [9.17, 15) is 13.2 Å². The standard InChI is InChI=1S/C19H24F3N3O/c1-4-5-6-7-9-14-10-8-11-15(12-14)25(2)17-16(19(20,21)22)13-23-18(24-17)26-3/h8,10-13H,4-7,9H2,1-3H3. The minimum Gasteiger partial charge on any atom is -0.467 e. The van der Waals surface area contributed by atoms with E-state index in [4.69, 9.17) is 4.74 Å². The van der Waals surface area contributed by atoms with Gasteiger partial charge in [0.2, 0.25) is 0 Å². The van der Waals surface area contributed by atoms with Crippen LogP contribution in [0.25, 0.3) is 0 Å². The molecule has 0 aliphatic heterocycles. The summed E-state index contributed by atoms with van der Waals surface area (Å²) in [6.07, 6.45) is 1.68. The third kappa shape index (κ3) is 5.09. The smallest absolute Gasteiger partial charge is 0.421 e. The second kappa shape index (κ2) is 8.87. The number of rotatable bonds is 8. The predicted octanol–water partition coefficient (Wildman–Crippen LogP) is 5.39. The average Bonchev–Trinajstić information content (AvgIpc) is 2.63. The molecule has 0 bridgehead atoms. The first kappa shape index (κ1) is 20.0. The Balaban J connectivity index is 2.29. The molecule has 0 saturated carbocycles. The number of benzene rings is 1. The molecule has 0 fully saturated rings. The summed E-state index contributed by atoms with van der Waals surface area (Å²) >= 11 is 0. The second-order valence-corrected chi connectivity index (χ2v) is 6.13. The molecule has 1 aromatic carbocycles. The van der Waals surface area contributed by atoms with Crippen molar-refractivity contribution in [2.75, 3.05) is 19.1 Å². The van der Waals surface area contributed by atoms with E-state index < -0.39 is 11.7 Å². The van der Waals surface area contributed by atoms with Crippen molar-refractivity contribution < 1.29 is 17.9 Å². The zero-order valence-electron chi connectivity index (χ0n) is 15.3. The maximum absolute atomic E-state index is 13.3. The molecule has 0 aliphatic carbocycles. The van der Waals surface area contributed by atoms with Crippen LogP contribution in [0.3, 0.4) is 0 Å². The Kier molecular flexibility index (Phi) is 6.83. The lowest BCUT2D eigenvalue weighted by molar-refractivity contribution is -0.137. The van der Waals surface area contributed by atoms with Gasteiger partial charge in [0, 0.05) is 18.9 Å². The zero-order valence-corrected chi connectivity index (χ0v) is 15.3. The van der Waals surface area contributed by atoms with Gasteiger partial charge in [-0.3, -0.25) is 0 Å². The van der Waals surface area contributed by atoms with Crippen LogP contribution in [-0.4, -0.2) is 24.1 Å². The molecular formula is C19H24F3N3O. The fourth-order valence-electron chi connectivity index (χ4n) is 2.71. The quantitative estimate of drug-likeness (QED) is 0.586. The van der Waals surface area contributed by atoms with Gasteiger partial charge in [-0.25, -0.2) is 4.98 Å². The van der Waals surface area contributed by atoms with Crippen LogP contribution in [0.2, 0.25) is 0 Å². The Hall–Kier alpha value is -2.31. The first-order valence-corrected chi connectivity index (χ1v) is 8.67. The number of alkyl halides is 3. The fraction of sp³-hybridized carbons (Fsp3) is 0.474. The Labute approximate surface area is 152 Å². The van der Waals surface area contributed by atoms with Crippen molar-refractivity contribution >= 4 is 11.5 Å². The van der Waals surface area contributed by atoms with Crippen molar-refractivity contribution in [3.63, 3.8) is 0 Å². The van der Waals surface area contributed by atoms with E-state index in [2.05, 4.69) is 16.9 Å². The van der Waals surface area contributed by atoms with E-state index in [0.717, 1.165) is 31.0 Å². The van der Waals surface area contributed by atoms with Crippen LogP contribution in [-0.2, 0) is 12.6 Å². The van der Waals surface area contributed by atoms with Crippen LogP contribution >= 0.6 is 0 Å². The van der Waals surface area contributed by atoms with E-state index in [1.54, 1.807) is 13.1 Å². The summed E-state index contributed by atoms with van der Waals surface area (Å²) in [5.41, 5.74) is 0.846. The third-order valence-corrected chi connectivity index (χ3v) is 4.17. The van der Waals surface area contributed by atoms with Crippen LogP contribution in [0.5, 0.6) is 6.01 Å². The number of hydrogen-bond donors (Lipinski definition) is 0. The fourth-order valence-corrected chi connectivity index (χ4v) is 2.71. The Bertz CT molecular complexity index is 719. The lowest BCUT2D eigenvalue weighted by atomic mass is 10.1. The summed E-state index contributed by atoms with van der Waals surface area (Å²) in [5.74, 6) is -0.229. The largest absolute Gasteiger partial charge is 0.467 e. The topological polar surface area (TPSA) is 38.2 Å². The molecule has 2 aromatic rings. The number of nitrogens with zero attached hydrogens (tertiary/aromatic N) is 3. The Morgan fingerprint density at radius 3 is 2.58 bits per heavy atom. The molecule has 4 nitrogen and oxygen atoms in total. The van der Waals surface area contributed by atoms with Gasteiger partial charge in [0.1, 0.15) is 5.56 Å². The number of halogens is 3. The second-order valence-electron chi connectivity index (χ2n) is 6.13. The van der Waals surface area contributed by atoms with Gasteiger partial charge in [-0.15, -0.1) is 0 Å². The first-order chi connectivity index (χ1) is 12.4. The van der Waals surface area contributed by atoms with Crippen LogP contribution in [0.15, 0.2) is 30.5 Å². The highest BCUT2D eigenvalue weighted by Crippen LogP contribution is 2.37. The Morgan fingerprint density at radius 2 is 1.92 bits per heavy atom. The van der Waals surface area contributed by atoms with E-state index in [-0.39, 0.29) is 11.8 Å². The highest BCUT2D eigenvalue weighted by Gasteiger charge is 2.36. The molecule has 1 heterocycles. The van der Waals surface area contributed by atoms with E-state index >= 15 is 0 Å². The van der Waals surface area contributed by atoms with Gasteiger partial charge in [-0.2, -0.15) is 18.2 Å². The highest BCUT2D eigenvalue weighted by atomic mass is 19.4. The van der Waals surface area contributed by atoms with Gasteiger partial charge in [-0.05, 0) is 30.5 Å². The van der Waals surface area contributed by atoms with Crippen LogP contribution < -0.4 is 9.64 Å². The first-order valence-electron chi connectivity index (χ1n) is 8.67. The number of aromatic nitrogens is 2. The third-order valence-electron chi connectivity index (χ3n) is 4.17. The molecule has 0 amide bonds. The number of anilines is 2. The van der Waals surface area contributed by atoms with Crippen LogP contribution in [0, 0.1) is 0 Å². The molecule has 0 radical (unpaired) electrons. The van der Waals surface area contributed by atoms with Crippen molar-refractivity contribution in [3.05, 3.63) is 41.6 Å².